The maximum Gasteiger partial charge on any atom is 0.251 e. The van der Waals surface area contributed by atoms with E-state index < -0.39 is 0 Å². The van der Waals surface area contributed by atoms with Crippen LogP contribution < -0.4 is 10.1 Å². The van der Waals surface area contributed by atoms with E-state index in [0.29, 0.717) is 28.9 Å². The fourth-order valence-corrected chi connectivity index (χ4v) is 6.23. The van der Waals surface area contributed by atoms with Crippen LogP contribution in [0.2, 0.25) is 10.0 Å². The third-order valence-corrected chi connectivity index (χ3v) is 8.96. The van der Waals surface area contributed by atoms with Gasteiger partial charge < -0.3 is 15.0 Å². The predicted molar refractivity (Wildman–Crippen MR) is 169 cm³/mol. The summed E-state index contributed by atoms with van der Waals surface area (Å²) in [7, 11) is 0. The first-order valence-corrected chi connectivity index (χ1v) is 15.8. The fourth-order valence-electron chi connectivity index (χ4n) is 5.88. The molecule has 2 fully saturated rings. The Morgan fingerprint density at radius 1 is 0.902 bits per heavy atom. The molecule has 7 heteroatoms. The monoisotopic (exact) mass is 593 g/mol. The molecule has 41 heavy (non-hydrogen) atoms. The molecule has 0 aromatic heterocycles. The number of hydrogen-bond donors (Lipinski definition) is 1. The summed E-state index contributed by atoms with van der Waals surface area (Å²) in [5.41, 5.74) is 4.25. The largest absolute Gasteiger partial charge is 0.489 e. The Balaban J connectivity index is 1.03. The molecule has 2 heterocycles. The van der Waals surface area contributed by atoms with Crippen molar-refractivity contribution < 1.29 is 9.53 Å². The van der Waals surface area contributed by atoms with Crippen LogP contribution in [-0.2, 0) is 6.54 Å². The van der Waals surface area contributed by atoms with Gasteiger partial charge in [-0.1, -0.05) is 66.0 Å². The van der Waals surface area contributed by atoms with E-state index in [1.54, 1.807) is 6.07 Å². The number of nitrogens with one attached hydrogen (secondary N) is 1. The number of nitrogens with zero attached hydrogens (tertiary/aromatic N) is 2. The topological polar surface area (TPSA) is 44.8 Å². The first kappa shape index (κ1) is 29.9. The van der Waals surface area contributed by atoms with E-state index in [-0.39, 0.29) is 12.0 Å². The lowest BCUT2D eigenvalue weighted by atomic mass is 10.0. The van der Waals surface area contributed by atoms with Gasteiger partial charge in [0.25, 0.3) is 5.91 Å². The number of amides is 1. The van der Waals surface area contributed by atoms with E-state index in [1.807, 2.05) is 24.3 Å². The normalized spacial score (nSPS) is 18.8. The van der Waals surface area contributed by atoms with E-state index in [4.69, 9.17) is 27.9 Å². The van der Waals surface area contributed by atoms with Gasteiger partial charge in [0.2, 0.25) is 0 Å². The molecular formula is C34H41Cl2N3O2. The second-order valence-electron chi connectivity index (χ2n) is 11.4. The van der Waals surface area contributed by atoms with Gasteiger partial charge >= 0.3 is 0 Å². The lowest BCUT2D eigenvalue weighted by molar-refractivity contribution is 0.0946. The number of halogens is 2. The highest BCUT2D eigenvalue weighted by Crippen LogP contribution is 2.29. The molecule has 1 unspecified atom stereocenters. The van der Waals surface area contributed by atoms with Crippen LogP contribution in [0.15, 0.2) is 66.7 Å². The molecule has 2 aliphatic heterocycles. The minimum Gasteiger partial charge on any atom is -0.489 e. The van der Waals surface area contributed by atoms with Gasteiger partial charge in [0, 0.05) is 49.4 Å². The second-order valence-corrected chi connectivity index (χ2v) is 12.3. The van der Waals surface area contributed by atoms with Gasteiger partial charge in [0.15, 0.2) is 0 Å². The van der Waals surface area contributed by atoms with Crippen molar-refractivity contribution in [1.29, 1.82) is 0 Å². The van der Waals surface area contributed by atoms with Gasteiger partial charge in [-0.05, 0) is 92.6 Å². The molecule has 0 aliphatic carbocycles. The Bertz CT molecular complexity index is 1270. The quantitative estimate of drug-likeness (QED) is 0.245. The summed E-state index contributed by atoms with van der Waals surface area (Å²) in [6.07, 6.45) is 6.85. The second kappa shape index (κ2) is 14.6. The molecule has 1 N–H and O–H groups in total. The van der Waals surface area contributed by atoms with Crippen LogP contribution in [0.5, 0.6) is 5.75 Å². The maximum absolute atomic E-state index is 12.7. The summed E-state index contributed by atoms with van der Waals surface area (Å²) in [6.45, 7) is 8.04. The summed E-state index contributed by atoms with van der Waals surface area (Å²) in [5, 5.41) is 4.29. The van der Waals surface area contributed by atoms with Gasteiger partial charge in [-0.15, -0.1) is 0 Å². The average molecular weight is 595 g/mol. The highest BCUT2D eigenvalue weighted by atomic mass is 35.5. The standard InChI is InChI=1S/C34H41Cl2N3O2/c1-25-5-2-3-19-39(25)20-4-18-37-34(40)29-12-15-33(32(36)23-29)41-31-16-21-38(22-17-31)24-26-6-8-27(9-7-26)28-10-13-30(35)14-11-28/h6-15,23,25,31H,2-5,16-22,24H2,1H3,(H,37,40). The lowest BCUT2D eigenvalue weighted by Crippen LogP contribution is -2.39. The van der Waals surface area contributed by atoms with Gasteiger partial charge in [-0.25, -0.2) is 0 Å². The van der Waals surface area contributed by atoms with Gasteiger partial charge in [-0.3, -0.25) is 9.69 Å². The Morgan fingerprint density at radius 3 is 2.29 bits per heavy atom. The Labute approximate surface area is 254 Å². The van der Waals surface area contributed by atoms with Crippen molar-refractivity contribution in [3.63, 3.8) is 0 Å². The van der Waals surface area contributed by atoms with Crippen molar-refractivity contribution in [2.24, 2.45) is 0 Å². The minimum absolute atomic E-state index is 0.0837. The van der Waals surface area contributed by atoms with E-state index in [0.717, 1.165) is 50.5 Å². The van der Waals surface area contributed by atoms with Crippen LogP contribution in [0.25, 0.3) is 11.1 Å². The predicted octanol–water partition coefficient (Wildman–Crippen LogP) is 7.70. The molecular weight excluding hydrogens is 553 g/mol. The molecule has 5 nitrogen and oxygen atoms in total. The van der Waals surface area contributed by atoms with Gasteiger partial charge in [0.05, 0.1) is 5.02 Å². The molecule has 5 rings (SSSR count). The Morgan fingerprint density at radius 2 is 1.61 bits per heavy atom. The smallest absolute Gasteiger partial charge is 0.251 e. The molecule has 1 atom stereocenters. The summed E-state index contributed by atoms with van der Waals surface area (Å²) in [4.78, 5) is 17.7. The van der Waals surface area contributed by atoms with Crippen molar-refractivity contribution >= 4 is 29.1 Å². The highest BCUT2D eigenvalue weighted by Gasteiger charge is 2.22. The number of likely N-dealkylation sites (tertiary alicyclic amines) is 2. The van der Waals surface area contributed by atoms with Crippen LogP contribution in [0.3, 0.4) is 0 Å². The van der Waals surface area contributed by atoms with Crippen molar-refractivity contribution in [2.45, 2.75) is 64.1 Å². The van der Waals surface area contributed by atoms with Crippen molar-refractivity contribution in [1.82, 2.24) is 15.1 Å². The minimum atomic E-state index is -0.0837. The molecule has 218 valence electrons. The van der Waals surface area contributed by atoms with Crippen molar-refractivity contribution in [3.8, 4) is 16.9 Å². The number of carbonyl (C=O) groups is 1. The molecule has 0 radical (unpaired) electrons. The third kappa shape index (κ3) is 8.48. The Kier molecular flexibility index (Phi) is 10.6. The maximum atomic E-state index is 12.7. The number of rotatable bonds is 10. The van der Waals surface area contributed by atoms with E-state index in [1.165, 1.54) is 42.5 Å². The van der Waals surface area contributed by atoms with E-state index in [9.17, 15) is 4.79 Å². The zero-order valence-corrected chi connectivity index (χ0v) is 25.5. The van der Waals surface area contributed by atoms with Crippen molar-refractivity contribution in [3.05, 3.63) is 87.9 Å². The zero-order chi connectivity index (χ0) is 28.6. The number of benzene rings is 3. The van der Waals surface area contributed by atoms with Crippen LogP contribution >= 0.6 is 23.2 Å². The van der Waals surface area contributed by atoms with E-state index >= 15 is 0 Å². The summed E-state index contributed by atoms with van der Waals surface area (Å²) in [6, 6.07) is 22.7. The zero-order valence-electron chi connectivity index (χ0n) is 24.0. The molecule has 3 aromatic carbocycles. The first-order valence-electron chi connectivity index (χ1n) is 15.0. The molecule has 0 saturated carbocycles. The highest BCUT2D eigenvalue weighted by molar-refractivity contribution is 6.32. The summed E-state index contributed by atoms with van der Waals surface area (Å²) in [5.74, 6) is 0.568. The van der Waals surface area contributed by atoms with Crippen LogP contribution in [-0.4, -0.2) is 60.6 Å². The Hall–Kier alpha value is -2.57. The molecule has 0 bridgehead atoms. The molecule has 3 aromatic rings. The summed E-state index contributed by atoms with van der Waals surface area (Å²) >= 11 is 12.6. The fraction of sp³-hybridized carbons (Fsp3) is 0.441. The molecule has 2 aliphatic rings. The number of ether oxygens (including phenoxy) is 1. The number of hydrogen-bond acceptors (Lipinski definition) is 4. The van der Waals surface area contributed by atoms with E-state index in [2.05, 4.69) is 58.4 Å². The third-order valence-electron chi connectivity index (χ3n) is 8.41. The van der Waals surface area contributed by atoms with Gasteiger partial charge in [-0.2, -0.15) is 0 Å². The molecule has 0 spiro atoms. The summed E-state index contributed by atoms with van der Waals surface area (Å²) < 4.78 is 6.26. The van der Waals surface area contributed by atoms with Crippen LogP contribution in [0, 0.1) is 0 Å². The van der Waals surface area contributed by atoms with Crippen LogP contribution in [0.4, 0.5) is 0 Å². The average Bonchev–Trinajstić information content (AvgIpc) is 2.99. The lowest BCUT2D eigenvalue weighted by Gasteiger charge is -2.33. The molecule has 2 saturated heterocycles. The number of carbonyl (C=O) groups excluding carboxylic acids is 1. The molecule has 1 amide bonds. The van der Waals surface area contributed by atoms with Crippen molar-refractivity contribution in [2.75, 3.05) is 32.7 Å². The van der Waals surface area contributed by atoms with Gasteiger partial charge in [0.1, 0.15) is 11.9 Å². The SMILES string of the molecule is CC1CCCCN1CCCNC(=O)c1ccc(OC2CCN(Cc3ccc(-c4ccc(Cl)cc4)cc3)CC2)c(Cl)c1. The van der Waals surface area contributed by atoms with Crippen LogP contribution in [0.1, 0.15) is 61.4 Å². The number of piperidine rings is 2. The first-order chi connectivity index (χ1) is 19.9.